The first-order valence-electron chi connectivity index (χ1n) is 4.94. The van der Waals surface area contributed by atoms with Crippen molar-refractivity contribution in [1.29, 1.82) is 0 Å². The van der Waals surface area contributed by atoms with Gasteiger partial charge < -0.3 is 4.74 Å². The van der Waals surface area contributed by atoms with Crippen molar-refractivity contribution in [3.63, 3.8) is 0 Å². The third kappa shape index (κ3) is 4.24. The lowest BCUT2D eigenvalue weighted by molar-refractivity contribution is 0.0724. The molecule has 5 nitrogen and oxygen atoms in total. The molecule has 0 amide bonds. The summed E-state index contributed by atoms with van der Waals surface area (Å²) in [7, 11) is -3.34. The second-order valence-electron chi connectivity index (χ2n) is 3.62. The Kier molecular flexibility index (Phi) is 5.28. The fourth-order valence-corrected chi connectivity index (χ4v) is 2.60. The molecule has 1 N–H and O–H groups in total. The topological polar surface area (TPSA) is 58.6 Å². The SMILES string of the molecule is CC(CCl)CNS(=O)(=O)N1CCOCC1. The highest BCUT2D eigenvalue weighted by Crippen LogP contribution is 2.04. The van der Waals surface area contributed by atoms with Gasteiger partial charge in [0.1, 0.15) is 0 Å². The first-order chi connectivity index (χ1) is 7.06. The molecule has 0 bridgehead atoms. The van der Waals surface area contributed by atoms with Gasteiger partial charge in [0.15, 0.2) is 0 Å². The summed E-state index contributed by atoms with van der Waals surface area (Å²) in [5.41, 5.74) is 0. The van der Waals surface area contributed by atoms with Crippen LogP contribution in [0.1, 0.15) is 6.92 Å². The van der Waals surface area contributed by atoms with Gasteiger partial charge in [-0.3, -0.25) is 0 Å². The van der Waals surface area contributed by atoms with Crippen molar-refractivity contribution in [2.24, 2.45) is 5.92 Å². The lowest BCUT2D eigenvalue weighted by atomic mass is 10.2. The zero-order chi connectivity index (χ0) is 11.3. The van der Waals surface area contributed by atoms with Crippen LogP contribution in [-0.4, -0.2) is 51.5 Å². The number of ether oxygens (including phenoxy) is 1. The molecule has 0 spiro atoms. The van der Waals surface area contributed by atoms with E-state index in [9.17, 15) is 8.42 Å². The predicted molar refractivity (Wildman–Crippen MR) is 59.2 cm³/mol. The minimum Gasteiger partial charge on any atom is -0.379 e. The van der Waals surface area contributed by atoms with Crippen molar-refractivity contribution >= 4 is 21.8 Å². The van der Waals surface area contributed by atoms with E-state index >= 15 is 0 Å². The Morgan fingerprint density at radius 2 is 2.07 bits per heavy atom. The van der Waals surface area contributed by atoms with Crippen LogP contribution >= 0.6 is 11.6 Å². The molecule has 7 heteroatoms. The molecule has 1 heterocycles. The molecule has 1 aliphatic rings. The summed E-state index contributed by atoms with van der Waals surface area (Å²) in [5.74, 6) is 0.591. The quantitative estimate of drug-likeness (QED) is 0.706. The van der Waals surface area contributed by atoms with E-state index in [1.807, 2.05) is 6.92 Å². The fraction of sp³-hybridized carbons (Fsp3) is 1.00. The number of rotatable bonds is 5. The summed E-state index contributed by atoms with van der Waals surface area (Å²) in [6, 6.07) is 0. The van der Waals surface area contributed by atoms with Gasteiger partial charge in [-0.15, -0.1) is 11.6 Å². The molecule has 90 valence electrons. The number of nitrogens with zero attached hydrogens (tertiary/aromatic N) is 1. The summed E-state index contributed by atoms with van der Waals surface area (Å²) in [6.45, 7) is 4.05. The second-order valence-corrected chi connectivity index (χ2v) is 5.69. The molecule has 15 heavy (non-hydrogen) atoms. The Bertz CT molecular complexity index is 278. The van der Waals surface area contributed by atoms with E-state index < -0.39 is 10.2 Å². The summed E-state index contributed by atoms with van der Waals surface area (Å²) in [4.78, 5) is 0. The van der Waals surface area contributed by atoms with Gasteiger partial charge in [-0.2, -0.15) is 12.7 Å². The molecule has 0 aliphatic carbocycles. The van der Waals surface area contributed by atoms with Crippen LogP contribution in [0.3, 0.4) is 0 Å². The second kappa shape index (κ2) is 6.00. The molecular formula is C8H17ClN2O3S. The predicted octanol–water partition coefficient (Wildman–Crippen LogP) is 0.0279. The van der Waals surface area contributed by atoms with Crippen molar-refractivity contribution in [2.45, 2.75) is 6.92 Å². The standard InChI is InChI=1S/C8H17ClN2O3S/c1-8(6-9)7-10-15(12,13)11-2-4-14-5-3-11/h8,10H,2-7H2,1H3. The molecule has 0 aromatic heterocycles. The van der Waals surface area contributed by atoms with Crippen molar-refractivity contribution in [3.8, 4) is 0 Å². The third-order valence-electron chi connectivity index (χ3n) is 2.19. The molecular weight excluding hydrogens is 240 g/mol. The molecule has 0 aromatic rings. The molecule has 1 fully saturated rings. The van der Waals surface area contributed by atoms with Gasteiger partial charge in [0, 0.05) is 25.5 Å². The highest BCUT2D eigenvalue weighted by atomic mass is 35.5. The number of hydrogen-bond donors (Lipinski definition) is 1. The zero-order valence-corrected chi connectivity index (χ0v) is 10.4. The van der Waals surface area contributed by atoms with Crippen LogP contribution in [0.5, 0.6) is 0 Å². The van der Waals surface area contributed by atoms with E-state index in [-0.39, 0.29) is 5.92 Å². The van der Waals surface area contributed by atoms with E-state index in [4.69, 9.17) is 16.3 Å². The highest BCUT2D eigenvalue weighted by Gasteiger charge is 2.23. The molecule has 0 saturated carbocycles. The van der Waals surface area contributed by atoms with E-state index in [1.54, 1.807) is 0 Å². The number of morpholine rings is 1. The van der Waals surface area contributed by atoms with E-state index in [2.05, 4.69) is 4.72 Å². The fourth-order valence-electron chi connectivity index (χ4n) is 1.18. The van der Waals surface area contributed by atoms with Gasteiger partial charge in [0.2, 0.25) is 0 Å². The monoisotopic (exact) mass is 256 g/mol. The number of alkyl halides is 1. The average Bonchev–Trinajstić information content (AvgIpc) is 2.27. The molecule has 0 radical (unpaired) electrons. The number of nitrogens with one attached hydrogen (secondary N) is 1. The third-order valence-corrected chi connectivity index (χ3v) is 4.29. The van der Waals surface area contributed by atoms with E-state index in [0.29, 0.717) is 38.7 Å². The lowest BCUT2D eigenvalue weighted by Crippen LogP contribution is -2.47. The van der Waals surface area contributed by atoms with Crippen LogP contribution in [0.2, 0.25) is 0 Å². The van der Waals surface area contributed by atoms with Crippen molar-refractivity contribution < 1.29 is 13.2 Å². The lowest BCUT2D eigenvalue weighted by Gasteiger charge is -2.26. The molecule has 1 unspecified atom stereocenters. The van der Waals surface area contributed by atoms with Gasteiger partial charge in [-0.05, 0) is 5.92 Å². The van der Waals surface area contributed by atoms with Crippen LogP contribution in [0.15, 0.2) is 0 Å². The minimum atomic E-state index is -3.34. The van der Waals surface area contributed by atoms with Crippen LogP contribution in [0.25, 0.3) is 0 Å². The summed E-state index contributed by atoms with van der Waals surface area (Å²) >= 11 is 5.60. The van der Waals surface area contributed by atoms with Gasteiger partial charge >= 0.3 is 0 Å². The van der Waals surface area contributed by atoms with Crippen molar-refractivity contribution in [3.05, 3.63) is 0 Å². The Morgan fingerprint density at radius 1 is 1.47 bits per heavy atom. The van der Waals surface area contributed by atoms with Crippen LogP contribution < -0.4 is 4.72 Å². The van der Waals surface area contributed by atoms with Crippen LogP contribution in [0.4, 0.5) is 0 Å². The van der Waals surface area contributed by atoms with Gasteiger partial charge in [-0.25, -0.2) is 4.72 Å². The largest absolute Gasteiger partial charge is 0.379 e. The zero-order valence-electron chi connectivity index (χ0n) is 8.78. The summed E-state index contributed by atoms with van der Waals surface area (Å²) in [6.07, 6.45) is 0. The van der Waals surface area contributed by atoms with Gasteiger partial charge in [0.05, 0.1) is 13.2 Å². The Hall–Kier alpha value is 0.120. The minimum absolute atomic E-state index is 0.141. The molecule has 1 aliphatic heterocycles. The maximum absolute atomic E-state index is 11.7. The molecule has 1 saturated heterocycles. The van der Waals surface area contributed by atoms with Crippen LogP contribution in [-0.2, 0) is 14.9 Å². The maximum atomic E-state index is 11.7. The normalized spacial score (nSPS) is 21.5. The molecule has 1 atom stereocenters. The molecule has 1 rings (SSSR count). The Balaban J connectivity index is 2.43. The van der Waals surface area contributed by atoms with E-state index in [0.717, 1.165) is 0 Å². The summed E-state index contributed by atoms with van der Waals surface area (Å²) < 4.78 is 32.5. The smallest absolute Gasteiger partial charge is 0.279 e. The van der Waals surface area contributed by atoms with Crippen molar-refractivity contribution in [1.82, 2.24) is 9.03 Å². The Morgan fingerprint density at radius 3 is 2.60 bits per heavy atom. The maximum Gasteiger partial charge on any atom is 0.279 e. The molecule has 0 aromatic carbocycles. The summed E-state index contributed by atoms with van der Waals surface area (Å²) in [5, 5.41) is 0. The number of hydrogen-bond acceptors (Lipinski definition) is 3. The van der Waals surface area contributed by atoms with Crippen molar-refractivity contribution in [2.75, 3.05) is 38.7 Å². The number of halogens is 1. The van der Waals surface area contributed by atoms with E-state index in [1.165, 1.54) is 4.31 Å². The Labute approximate surface area is 95.9 Å². The first-order valence-corrected chi connectivity index (χ1v) is 6.92. The van der Waals surface area contributed by atoms with Gasteiger partial charge in [-0.1, -0.05) is 6.92 Å². The van der Waals surface area contributed by atoms with Crippen LogP contribution in [0, 0.1) is 5.92 Å². The van der Waals surface area contributed by atoms with Gasteiger partial charge in [0.25, 0.3) is 10.2 Å². The first kappa shape index (κ1) is 13.2. The highest BCUT2D eigenvalue weighted by molar-refractivity contribution is 7.87. The average molecular weight is 257 g/mol.